The number of hydrogen-bond acceptors (Lipinski definition) is 7. The first-order valence-electron chi connectivity index (χ1n) is 7.06. The van der Waals surface area contributed by atoms with Gasteiger partial charge in [0.2, 0.25) is 5.16 Å². The number of phenols is 2. The number of carbonyl (C=O) groups excluding carboxylic acids is 1. The van der Waals surface area contributed by atoms with E-state index in [0.717, 1.165) is 17.3 Å². The Hall–Kier alpha value is -2.93. The molecule has 0 spiro atoms. The number of aromatic hydroxyl groups is 2. The topological polar surface area (TPSA) is 96.2 Å². The Morgan fingerprint density at radius 2 is 1.83 bits per heavy atom. The van der Waals surface area contributed by atoms with Crippen LogP contribution in [0, 0.1) is 0 Å². The lowest BCUT2D eigenvalue weighted by molar-refractivity contribution is 0.102. The molecule has 7 heteroatoms. The van der Waals surface area contributed by atoms with Crippen LogP contribution in [0.5, 0.6) is 11.5 Å². The largest absolute Gasteiger partial charge is 0.504 e. The van der Waals surface area contributed by atoms with Gasteiger partial charge >= 0.3 is 0 Å². The van der Waals surface area contributed by atoms with Crippen molar-refractivity contribution >= 4 is 17.5 Å². The lowest BCUT2D eigenvalue weighted by Gasteiger charge is -2.04. The Balaban J connectivity index is 1.70. The quantitative estimate of drug-likeness (QED) is 0.419. The number of nitrogens with zero attached hydrogens (tertiary/aromatic N) is 3. The second kappa shape index (κ2) is 7.10. The highest BCUT2D eigenvalue weighted by molar-refractivity contribution is 7.99. The van der Waals surface area contributed by atoms with E-state index in [1.54, 1.807) is 6.20 Å². The van der Waals surface area contributed by atoms with Crippen LogP contribution in [-0.4, -0.2) is 36.9 Å². The summed E-state index contributed by atoms with van der Waals surface area (Å²) in [4.78, 5) is 16.5. The molecule has 1 heterocycles. The van der Waals surface area contributed by atoms with Crippen molar-refractivity contribution < 1.29 is 15.0 Å². The second-order valence-corrected chi connectivity index (χ2v) is 5.85. The van der Waals surface area contributed by atoms with Crippen LogP contribution in [0.4, 0.5) is 0 Å². The number of ketones is 1. The predicted octanol–water partition coefficient (Wildman–Crippen LogP) is 2.92. The molecule has 24 heavy (non-hydrogen) atoms. The van der Waals surface area contributed by atoms with Crippen LogP contribution in [0.2, 0.25) is 0 Å². The standard InChI is InChI=1S/C17H13N3O3S/c21-14-7-6-12(8-15(14)22)16(23)10-24-17-19-13(9-18-20-17)11-4-2-1-3-5-11/h1-9,21-22H,10H2. The van der Waals surface area contributed by atoms with E-state index in [2.05, 4.69) is 15.2 Å². The summed E-state index contributed by atoms with van der Waals surface area (Å²) in [6, 6.07) is 13.5. The monoisotopic (exact) mass is 339 g/mol. The second-order valence-electron chi connectivity index (χ2n) is 4.91. The van der Waals surface area contributed by atoms with Gasteiger partial charge in [-0.1, -0.05) is 42.1 Å². The van der Waals surface area contributed by atoms with Crippen LogP contribution in [0.25, 0.3) is 11.3 Å². The van der Waals surface area contributed by atoms with E-state index < -0.39 is 0 Å². The zero-order valence-electron chi connectivity index (χ0n) is 12.5. The summed E-state index contributed by atoms with van der Waals surface area (Å²) in [5, 5.41) is 27.0. The molecule has 0 amide bonds. The van der Waals surface area contributed by atoms with Crippen LogP contribution in [0.3, 0.4) is 0 Å². The van der Waals surface area contributed by atoms with Crippen molar-refractivity contribution in [2.24, 2.45) is 0 Å². The van der Waals surface area contributed by atoms with E-state index in [4.69, 9.17) is 0 Å². The lowest BCUT2D eigenvalue weighted by atomic mass is 10.1. The molecule has 0 unspecified atom stereocenters. The van der Waals surface area contributed by atoms with Crippen molar-refractivity contribution in [2.75, 3.05) is 5.75 Å². The van der Waals surface area contributed by atoms with Gasteiger partial charge in [-0.2, -0.15) is 5.10 Å². The number of phenolic OH excluding ortho intramolecular Hbond substituents is 2. The molecule has 0 atom stereocenters. The van der Waals surface area contributed by atoms with Gasteiger partial charge in [0.1, 0.15) is 0 Å². The fraction of sp³-hybridized carbons (Fsp3) is 0.0588. The molecule has 0 saturated carbocycles. The predicted molar refractivity (Wildman–Crippen MR) is 90.1 cm³/mol. The van der Waals surface area contributed by atoms with Gasteiger partial charge in [-0.05, 0) is 18.2 Å². The van der Waals surface area contributed by atoms with Crippen molar-refractivity contribution in [3.63, 3.8) is 0 Å². The number of carbonyl (C=O) groups is 1. The molecule has 0 saturated heterocycles. The summed E-state index contributed by atoms with van der Waals surface area (Å²) < 4.78 is 0. The molecule has 0 radical (unpaired) electrons. The number of aromatic nitrogens is 3. The Kier molecular flexibility index (Phi) is 4.72. The molecule has 0 fully saturated rings. The first kappa shape index (κ1) is 15.9. The molecular formula is C17H13N3O3S. The van der Waals surface area contributed by atoms with Gasteiger partial charge in [-0.15, -0.1) is 5.10 Å². The first-order valence-corrected chi connectivity index (χ1v) is 8.05. The van der Waals surface area contributed by atoms with Gasteiger partial charge in [0.05, 0.1) is 17.6 Å². The van der Waals surface area contributed by atoms with E-state index >= 15 is 0 Å². The summed E-state index contributed by atoms with van der Waals surface area (Å²) in [7, 11) is 0. The Morgan fingerprint density at radius 3 is 2.58 bits per heavy atom. The number of benzene rings is 2. The van der Waals surface area contributed by atoms with Gasteiger partial charge in [-0.3, -0.25) is 4.79 Å². The smallest absolute Gasteiger partial charge is 0.210 e. The highest BCUT2D eigenvalue weighted by atomic mass is 32.2. The molecule has 0 aliphatic carbocycles. The molecule has 3 aromatic rings. The van der Waals surface area contributed by atoms with E-state index in [-0.39, 0.29) is 23.0 Å². The maximum absolute atomic E-state index is 12.1. The molecule has 2 N–H and O–H groups in total. The van der Waals surface area contributed by atoms with Crippen LogP contribution < -0.4 is 0 Å². The number of rotatable bonds is 5. The molecule has 1 aromatic heterocycles. The Bertz CT molecular complexity index is 872. The van der Waals surface area contributed by atoms with Crippen molar-refractivity contribution in [1.29, 1.82) is 0 Å². The molecule has 6 nitrogen and oxygen atoms in total. The van der Waals surface area contributed by atoms with E-state index in [1.165, 1.54) is 18.2 Å². The summed E-state index contributed by atoms with van der Waals surface area (Å²) in [6.45, 7) is 0. The minimum atomic E-state index is -0.324. The highest BCUT2D eigenvalue weighted by Gasteiger charge is 2.11. The summed E-state index contributed by atoms with van der Waals surface area (Å²) in [5.41, 5.74) is 1.91. The van der Waals surface area contributed by atoms with Gasteiger partial charge in [-0.25, -0.2) is 4.98 Å². The van der Waals surface area contributed by atoms with Crippen LogP contribution in [0.15, 0.2) is 59.9 Å². The van der Waals surface area contributed by atoms with E-state index in [0.29, 0.717) is 16.4 Å². The summed E-state index contributed by atoms with van der Waals surface area (Å²) in [6.07, 6.45) is 1.57. The van der Waals surface area contributed by atoms with Crippen LogP contribution >= 0.6 is 11.8 Å². The molecule has 120 valence electrons. The Morgan fingerprint density at radius 1 is 1.04 bits per heavy atom. The normalized spacial score (nSPS) is 10.5. The van der Waals surface area contributed by atoms with Crippen molar-refractivity contribution in [2.45, 2.75) is 5.16 Å². The average Bonchev–Trinajstić information content (AvgIpc) is 2.63. The average molecular weight is 339 g/mol. The fourth-order valence-corrected chi connectivity index (χ4v) is 2.70. The van der Waals surface area contributed by atoms with Gasteiger partial charge in [0.25, 0.3) is 0 Å². The number of hydrogen-bond donors (Lipinski definition) is 2. The van der Waals surface area contributed by atoms with Crippen molar-refractivity contribution in [1.82, 2.24) is 15.2 Å². The summed E-state index contributed by atoms with van der Waals surface area (Å²) in [5.74, 6) is -0.689. The molecular weight excluding hydrogens is 326 g/mol. The van der Waals surface area contributed by atoms with E-state index in [9.17, 15) is 15.0 Å². The number of Topliss-reactive ketones (excluding diaryl/α,β-unsaturated/α-hetero) is 1. The maximum Gasteiger partial charge on any atom is 0.210 e. The third-order valence-electron chi connectivity index (χ3n) is 3.24. The minimum Gasteiger partial charge on any atom is -0.504 e. The van der Waals surface area contributed by atoms with Crippen molar-refractivity contribution in [3.05, 3.63) is 60.3 Å². The summed E-state index contributed by atoms with van der Waals surface area (Å²) >= 11 is 1.16. The molecule has 0 bridgehead atoms. The third-order valence-corrected chi connectivity index (χ3v) is 4.08. The van der Waals surface area contributed by atoms with Gasteiger partial charge in [0.15, 0.2) is 17.3 Å². The molecule has 3 rings (SSSR count). The third kappa shape index (κ3) is 3.69. The zero-order valence-corrected chi connectivity index (χ0v) is 13.3. The van der Waals surface area contributed by atoms with Crippen LogP contribution in [0.1, 0.15) is 10.4 Å². The van der Waals surface area contributed by atoms with E-state index in [1.807, 2.05) is 30.3 Å². The minimum absolute atomic E-state index is 0.101. The maximum atomic E-state index is 12.1. The van der Waals surface area contributed by atoms with Crippen LogP contribution in [-0.2, 0) is 0 Å². The Labute approximate surface area is 142 Å². The number of thioether (sulfide) groups is 1. The highest BCUT2D eigenvalue weighted by Crippen LogP contribution is 2.26. The molecule has 0 aliphatic rings. The van der Waals surface area contributed by atoms with Gasteiger partial charge in [0, 0.05) is 11.1 Å². The first-order chi connectivity index (χ1) is 11.6. The van der Waals surface area contributed by atoms with Gasteiger partial charge < -0.3 is 10.2 Å². The molecule has 2 aromatic carbocycles. The molecule has 0 aliphatic heterocycles. The fourth-order valence-electron chi connectivity index (χ4n) is 2.01. The zero-order chi connectivity index (χ0) is 16.9. The van der Waals surface area contributed by atoms with Crippen molar-refractivity contribution in [3.8, 4) is 22.8 Å². The SMILES string of the molecule is O=C(CSc1nncc(-c2ccccc2)n1)c1ccc(O)c(O)c1. The lowest BCUT2D eigenvalue weighted by Crippen LogP contribution is -2.03.